The molecule has 3 aliphatic rings. The van der Waals surface area contributed by atoms with Crippen LogP contribution in [0.3, 0.4) is 0 Å². The van der Waals surface area contributed by atoms with Crippen LogP contribution in [0.4, 0.5) is 0 Å². The number of carbonyl (C=O) groups excluding carboxylic acids is 2. The second-order valence-corrected chi connectivity index (χ2v) is 14.0. The lowest BCUT2D eigenvalue weighted by Crippen LogP contribution is -2.48. The third-order valence-electron chi connectivity index (χ3n) is 9.53. The highest BCUT2D eigenvalue weighted by molar-refractivity contribution is 5.96. The average molecular weight is 598 g/mol. The number of para-hydroxylation sites is 1. The van der Waals surface area contributed by atoms with Gasteiger partial charge in [-0.15, -0.1) is 0 Å². The Morgan fingerprint density at radius 1 is 1.05 bits per heavy atom. The quantitative estimate of drug-likeness (QED) is 0.211. The molecule has 7 nitrogen and oxygen atoms in total. The Balaban J connectivity index is 1.14. The Morgan fingerprint density at radius 2 is 1.80 bits per heavy atom. The monoisotopic (exact) mass is 597 g/mol. The van der Waals surface area contributed by atoms with Gasteiger partial charge >= 0.3 is 0 Å². The van der Waals surface area contributed by atoms with Gasteiger partial charge in [-0.25, -0.2) is 0 Å². The van der Waals surface area contributed by atoms with E-state index >= 15 is 0 Å². The smallest absolute Gasteiger partial charge is 0.225 e. The summed E-state index contributed by atoms with van der Waals surface area (Å²) in [4.78, 5) is 33.9. The number of ketones is 1. The molecule has 0 radical (unpaired) electrons. The minimum atomic E-state index is -1.06. The molecule has 6 rings (SSSR count). The summed E-state index contributed by atoms with van der Waals surface area (Å²) in [7, 11) is 0. The molecule has 3 aromatic rings. The Labute approximate surface area is 261 Å². The molecule has 1 saturated carbocycles. The van der Waals surface area contributed by atoms with Crippen molar-refractivity contribution in [1.82, 2.24) is 14.8 Å². The molecule has 2 heterocycles. The molecule has 1 aliphatic heterocycles. The number of piperazine rings is 1. The van der Waals surface area contributed by atoms with E-state index in [0.717, 1.165) is 79.9 Å². The van der Waals surface area contributed by atoms with Crippen molar-refractivity contribution in [3.63, 3.8) is 0 Å². The summed E-state index contributed by atoms with van der Waals surface area (Å²) in [5, 5.41) is 12.4. The number of benzene rings is 2. The van der Waals surface area contributed by atoms with Crippen molar-refractivity contribution in [1.29, 1.82) is 0 Å². The summed E-state index contributed by atoms with van der Waals surface area (Å²) in [5.41, 5.74) is 5.65. The second kappa shape index (κ2) is 12.6. The molecule has 2 atom stereocenters. The van der Waals surface area contributed by atoms with Crippen LogP contribution in [0.25, 0.3) is 16.5 Å². The molecule has 7 heteroatoms. The SMILES string of the molecule is CC(C)OC(O)C1=CC(CCC(=O)c2cccc(CN3CCN(C(=O)C4CC4)CC3)c2)CC(C)(C)c2c1[nH]c1ccccc21. The van der Waals surface area contributed by atoms with Crippen molar-refractivity contribution in [2.45, 2.75) is 84.2 Å². The van der Waals surface area contributed by atoms with Gasteiger partial charge in [-0.05, 0) is 74.1 Å². The van der Waals surface area contributed by atoms with Gasteiger partial charge < -0.3 is 19.7 Å². The van der Waals surface area contributed by atoms with Crippen molar-refractivity contribution in [3.8, 4) is 0 Å². The van der Waals surface area contributed by atoms with Crippen LogP contribution in [-0.4, -0.2) is 70.2 Å². The summed E-state index contributed by atoms with van der Waals surface area (Å²) in [6.07, 6.45) is 5.06. The number of H-pyrrole nitrogens is 1. The number of nitrogens with zero attached hydrogens (tertiary/aromatic N) is 2. The topological polar surface area (TPSA) is 85.9 Å². The van der Waals surface area contributed by atoms with Crippen LogP contribution in [-0.2, 0) is 21.5 Å². The van der Waals surface area contributed by atoms with Crippen LogP contribution in [0.1, 0.15) is 87.0 Å². The lowest BCUT2D eigenvalue weighted by molar-refractivity contribution is -0.134. The number of aliphatic hydroxyl groups excluding tert-OH is 1. The number of aromatic amines is 1. The lowest BCUT2D eigenvalue weighted by Gasteiger charge is -2.35. The number of aromatic nitrogens is 1. The molecule has 2 aromatic carbocycles. The number of allylic oxidation sites excluding steroid dienone is 1. The van der Waals surface area contributed by atoms with Gasteiger partial charge in [-0.3, -0.25) is 14.5 Å². The maximum Gasteiger partial charge on any atom is 0.225 e. The Bertz CT molecular complexity index is 1540. The molecule has 2 fully saturated rings. The largest absolute Gasteiger partial charge is 0.364 e. The van der Waals surface area contributed by atoms with E-state index in [2.05, 4.69) is 54.1 Å². The highest BCUT2D eigenvalue weighted by atomic mass is 16.6. The van der Waals surface area contributed by atoms with E-state index in [1.807, 2.05) is 43.0 Å². The molecule has 44 heavy (non-hydrogen) atoms. The summed E-state index contributed by atoms with van der Waals surface area (Å²) < 4.78 is 5.89. The maximum atomic E-state index is 13.5. The van der Waals surface area contributed by atoms with Crippen LogP contribution >= 0.6 is 0 Å². The summed E-state index contributed by atoms with van der Waals surface area (Å²) >= 11 is 0. The van der Waals surface area contributed by atoms with Crippen LogP contribution in [0.15, 0.2) is 54.6 Å². The van der Waals surface area contributed by atoms with Gasteiger partial charge in [0.1, 0.15) is 0 Å². The zero-order valence-electron chi connectivity index (χ0n) is 26.6. The maximum absolute atomic E-state index is 13.5. The highest BCUT2D eigenvalue weighted by Crippen LogP contribution is 2.45. The predicted octanol–water partition coefficient (Wildman–Crippen LogP) is 6.31. The van der Waals surface area contributed by atoms with E-state index in [1.54, 1.807) is 0 Å². The van der Waals surface area contributed by atoms with Crippen LogP contribution in [0.2, 0.25) is 0 Å². The molecular weight excluding hydrogens is 550 g/mol. The van der Waals surface area contributed by atoms with Gasteiger partial charge in [-0.2, -0.15) is 0 Å². The standard InChI is InChI=1S/C37H47N3O4/c1-24(2)44-36(43)30-21-25(22-37(3,4)33-29-10-5-6-11-31(29)38-34(30)33)12-15-32(41)28-9-7-8-26(20-28)23-39-16-18-40(19-17-39)35(42)27-13-14-27/h5-11,20-21,24-25,27,36,38,43H,12-19,22-23H2,1-4H3. The fraction of sp³-hybridized carbons (Fsp3) is 0.514. The van der Waals surface area contributed by atoms with E-state index in [9.17, 15) is 14.7 Å². The number of fused-ring (bicyclic) bond motifs is 3. The molecule has 1 aromatic heterocycles. The van der Waals surface area contributed by atoms with Crippen molar-refractivity contribution >= 4 is 28.2 Å². The van der Waals surface area contributed by atoms with E-state index in [4.69, 9.17) is 4.74 Å². The first-order chi connectivity index (χ1) is 21.1. The molecule has 2 aliphatic carbocycles. The van der Waals surface area contributed by atoms with Gasteiger partial charge in [0, 0.05) is 67.1 Å². The zero-order chi connectivity index (χ0) is 31.0. The van der Waals surface area contributed by atoms with Crippen LogP contribution in [0, 0.1) is 11.8 Å². The molecule has 0 bridgehead atoms. The van der Waals surface area contributed by atoms with Crippen LogP contribution in [0.5, 0.6) is 0 Å². The third kappa shape index (κ3) is 6.70. The molecule has 234 valence electrons. The van der Waals surface area contributed by atoms with E-state index in [1.165, 1.54) is 10.9 Å². The minimum absolute atomic E-state index is 0.103. The van der Waals surface area contributed by atoms with Gasteiger partial charge in [0.05, 0.1) is 11.8 Å². The Morgan fingerprint density at radius 3 is 2.52 bits per heavy atom. The molecule has 1 saturated heterocycles. The van der Waals surface area contributed by atoms with Gasteiger partial charge in [0.15, 0.2) is 12.1 Å². The molecule has 2 unspecified atom stereocenters. The number of nitrogens with one attached hydrogen (secondary N) is 1. The van der Waals surface area contributed by atoms with Gasteiger partial charge in [0.25, 0.3) is 0 Å². The van der Waals surface area contributed by atoms with E-state index in [-0.39, 0.29) is 29.1 Å². The number of ether oxygens (including phenoxy) is 1. The predicted molar refractivity (Wildman–Crippen MR) is 174 cm³/mol. The number of aliphatic hydroxyl groups is 1. The van der Waals surface area contributed by atoms with Crippen molar-refractivity contribution in [2.24, 2.45) is 11.8 Å². The van der Waals surface area contributed by atoms with Crippen molar-refractivity contribution in [3.05, 3.63) is 77.0 Å². The molecular formula is C37H47N3O4. The van der Waals surface area contributed by atoms with Crippen LogP contribution < -0.4 is 0 Å². The first-order valence-electron chi connectivity index (χ1n) is 16.4. The second-order valence-electron chi connectivity index (χ2n) is 14.0. The zero-order valence-corrected chi connectivity index (χ0v) is 26.6. The first kappa shape index (κ1) is 30.8. The third-order valence-corrected chi connectivity index (χ3v) is 9.53. The molecule has 2 N–H and O–H groups in total. The fourth-order valence-electron chi connectivity index (χ4n) is 7.21. The number of hydrogen-bond acceptors (Lipinski definition) is 5. The lowest BCUT2D eigenvalue weighted by atomic mass is 9.76. The summed E-state index contributed by atoms with van der Waals surface area (Å²) in [5.74, 6) is 0.859. The normalized spacial score (nSPS) is 21.2. The summed E-state index contributed by atoms with van der Waals surface area (Å²) in [6, 6.07) is 16.3. The van der Waals surface area contributed by atoms with Crippen molar-refractivity contribution < 1.29 is 19.4 Å². The van der Waals surface area contributed by atoms with E-state index < -0.39 is 6.29 Å². The fourth-order valence-corrected chi connectivity index (χ4v) is 7.21. The number of Topliss-reactive ketones (excluding diaryl/α,β-unsaturated/α-hetero) is 1. The van der Waals surface area contributed by atoms with Gasteiger partial charge in [0.2, 0.25) is 5.91 Å². The molecule has 1 amide bonds. The average Bonchev–Trinajstić information content (AvgIpc) is 3.78. The Hall–Kier alpha value is -3.26. The van der Waals surface area contributed by atoms with Crippen molar-refractivity contribution in [2.75, 3.05) is 26.2 Å². The Kier molecular flexibility index (Phi) is 8.82. The van der Waals surface area contributed by atoms with E-state index in [0.29, 0.717) is 18.7 Å². The molecule has 0 spiro atoms. The highest BCUT2D eigenvalue weighted by Gasteiger charge is 2.37. The minimum Gasteiger partial charge on any atom is -0.364 e. The number of amides is 1. The number of carbonyl (C=O) groups is 2. The summed E-state index contributed by atoms with van der Waals surface area (Å²) in [6.45, 7) is 12.5. The van der Waals surface area contributed by atoms with Gasteiger partial charge in [-0.1, -0.05) is 56.3 Å². The first-order valence-corrected chi connectivity index (χ1v) is 16.4. The number of hydrogen-bond donors (Lipinski definition) is 2. The number of rotatable bonds is 10.